The van der Waals surface area contributed by atoms with Crippen LogP contribution in [0, 0.1) is 18.8 Å². The highest BCUT2D eigenvalue weighted by atomic mass is 19.4. The van der Waals surface area contributed by atoms with E-state index in [9.17, 15) is 27.6 Å². The quantitative estimate of drug-likeness (QED) is 0.483. The number of halogens is 3. The van der Waals surface area contributed by atoms with E-state index in [1.807, 2.05) is 39.8 Å². The summed E-state index contributed by atoms with van der Waals surface area (Å²) in [6.07, 6.45) is -3.44. The summed E-state index contributed by atoms with van der Waals surface area (Å²) in [7, 11) is 0. The van der Waals surface area contributed by atoms with Crippen LogP contribution in [0.5, 0.6) is 0 Å². The molecule has 1 saturated carbocycles. The number of anilines is 1. The zero-order valence-corrected chi connectivity index (χ0v) is 20.1. The summed E-state index contributed by atoms with van der Waals surface area (Å²) < 4.78 is 47.3. The number of rotatable bonds is 5. The zero-order valence-electron chi connectivity index (χ0n) is 20.1. The van der Waals surface area contributed by atoms with Crippen LogP contribution in [0.1, 0.15) is 42.4 Å². The Labute approximate surface area is 204 Å². The van der Waals surface area contributed by atoms with Crippen molar-refractivity contribution in [3.63, 3.8) is 0 Å². The van der Waals surface area contributed by atoms with Gasteiger partial charge < -0.3 is 19.7 Å². The number of pyridine rings is 1. The summed E-state index contributed by atoms with van der Waals surface area (Å²) in [4.78, 5) is 41.4. The summed E-state index contributed by atoms with van der Waals surface area (Å²) in [5.41, 5.74) is 0.697. The highest BCUT2D eigenvalue weighted by molar-refractivity contribution is 5.97. The third-order valence-electron chi connectivity index (χ3n) is 6.00. The van der Waals surface area contributed by atoms with Crippen molar-refractivity contribution in [2.45, 2.75) is 52.1 Å². The van der Waals surface area contributed by atoms with Crippen molar-refractivity contribution in [1.82, 2.24) is 20.1 Å². The van der Waals surface area contributed by atoms with Crippen LogP contribution in [0.15, 0.2) is 24.5 Å². The minimum Gasteiger partial charge on any atom is -0.444 e. The van der Waals surface area contributed by atoms with Gasteiger partial charge >= 0.3 is 24.2 Å². The lowest BCUT2D eigenvalue weighted by atomic mass is 10.2. The molecule has 194 valence electrons. The fourth-order valence-corrected chi connectivity index (χ4v) is 4.22. The number of esters is 2. The molecule has 1 saturated heterocycles. The van der Waals surface area contributed by atoms with Gasteiger partial charge in [-0.3, -0.25) is 4.68 Å². The monoisotopic (exact) mass is 509 g/mol. The first-order valence-corrected chi connectivity index (χ1v) is 11.3. The largest absolute Gasteiger partial charge is 0.491 e. The van der Waals surface area contributed by atoms with Gasteiger partial charge in [-0.1, -0.05) is 6.07 Å². The molecule has 2 fully saturated rings. The van der Waals surface area contributed by atoms with Crippen LogP contribution in [0.25, 0.3) is 0 Å². The first-order valence-electron chi connectivity index (χ1n) is 11.3. The van der Waals surface area contributed by atoms with Gasteiger partial charge in [0.1, 0.15) is 11.4 Å². The highest BCUT2D eigenvalue weighted by Crippen LogP contribution is 2.46. The number of fused-ring (bicyclic) bond motifs is 1. The highest BCUT2D eigenvalue weighted by Gasteiger charge is 2.57. The molecular weight excluding hydrogens is 483 g/mol. The van der Waals surface area contributed by atoms with Gasteiger partial charge in [-0.15, -0.1) is 0 Å². The molecule has 10 nitrogen and oxygen atoms in total. The van der Waals surface area contributed by atoms with Gasteiger partial charge in [0, 0.05) is 42.9 Å². The molecule has 0 spiro atoms. The second kappa shape index (κ2) is 9.10. The Hall–Kier alpha value is -3.64. The third kappa shape index (κ3) is 5.77. The van der Waals surface area contributed by atoms with Crippen LogP contribution in [0.3, 0.4) is 0 Å². The van der Waals surface area contributed by atoms with Crippen molar-refractivity contribution in [2.24, 2.45) is 11.8 Å². The number of ether oxygens (including phenoxy) is 2. The lowest BCUT2D eigenvalue weighted by Crippen LogP contribution is -2.38. The number of amides is 1. The number of nitrogens with one attached hydrogen (secondary N) is 1. The lowest BCUT2D eigenvalue weighted by Gasteiger charge is -2.23. The molecule has 0 aromatic carbocycles. The van der Waals surface area contributed by atoms with Crippen molar-refractivity contribution in [1.29, 1.82) is 0 Å². The molecule has 3 heterocycles. The Balaban J connectivity index is 1.31. The molecule has 3 atom stereocenters. The maximum atomic E-state index is 12.3. The van der Waals surface area contributed by atoms with Crippen molar-refractivity contribution in [3.05, 3.63) is 41.3 Å². The molecular formula is C23H26F3N5O5. The molecule has 4 rings (SSSR count). The topological polar surface area (TPSA) is 116 Å². The number of nitrogens with zero attached hydrogens (tertiary/aromatic N) is 4. The molecule has 13 heteroatoms. The van der Waals surface area contributed by atoms with Gasteiger partial charge in [-0.2, -0.15) is 18.3 Å². The second-order valence-electron chi connectivity index (χ2n) is 9.92. The molecule has 2 aliphatic rings. The molecule has 1 amide bonds. The fraction of sp³-hybridized carbons (Fsp3) is 0.522. The maximum Gasteiger partial charge on any atom is 0.491 e. The number of alkyl carbamates (subject to hydrolysis) is 1. The van der Waals surface area contributed by atoms with Crippen molar-refractivity contribution in [3.8, 4) is 0 Å². The summed E-state index contributed by atoms with van der Waals surface area (Å²) in [6.45, 7) is 9.02. The number of carbonyl (C=O) groups excluding carboxylic acids is 3. The standard InChI is InChI=1S/C23H26F3N5O5/c1-12-13(8-31-9-14(7-27-31)19(32)35-20(33)23(24,25)26)5-6-17(28-12)30-10-15-16(11-30)18(15)29-21(34)36-22(2,3)4/h5-7,9,15-16,18H,8,10-11H2,1-4H3,(H,29,34)/t15-,16+,18?. The van der Waals surface area contributed by atoms with Gasteiger partial charge in [0.2, 0.25) is 0 Å². The van der Waals surface area contributed by atoms with Crippen molar-refractivity contribution < 1.29 is 37.0 Å². The van der Waals surface area contributed by atoms with E-state index in [1.54, 1.807) is 0 Å². The Morgan fingerprint density at radius 3 is 2.39 bits per heavy atom. The first-order chi connectivity index (χ1) is 16.7. The number of alkyl halides is 3. The van der Waals surface area contributed by atoms with Crippen LogP contribution in [-0.4, -0.2) is 63.7 Å². The number of aryl methyl sites for hydroxylation is 1. The van der Waals surface area contributed by atoms with Crippen molar-refractivity contribution in [2.75, 3.05) is 18.0 Å². The molecule has 0 bridgehead atoms. The smallest absolute Gasteiger partial charge is 0.444 e. The van der Waals surface area contributed by atoms with E-state index in [-0.39, 0.29) is 18.2 Å². The van der Waals surface area contributed by atoms with Crippen LogP contribution in [0.4, 0.5) is 23.8 Å². The molecule has 0 radical (unpaired) electrons. The molecule has 2 aromatic heterocycles. The molecule has 2 aromatic rings. The third-order valence-corrected chi connectivity index (χ3v) is 6.00. The van der Waals surface area contributed by atoms with E-state index < -0.39 is 29.8 Å². The molecule has 1 N–H and O–H groups in total. The first kappa shape index (κ1) is 25.5. The lowest BCUT2D eigenvalue weighted by molar-refractivity contribution is -0.193. The number of piperidine rings is 1. The summed E-state index contributed by atoms with van der Waals surface area (Å²) >= 11 is 0. The van der Waals surface area contributed by atoms with Gasteiger partial charge in [-0.05, 0) is 39.3 Å². The SMILES string of the molecule is Cc1nc(N2C[C@@H]3C(NC(=O)OC(C)(C)C)[C@@H]3C2)ccc1Cn1cc(C(=O)OC(=O)C(F)(F)F)cn1. The van der Waals surface area contributed by atoms with E-state index >= 15 is 0 Å². The number of hydrogen-bond acceptors (Lipinski definition) is 8. The summed E-state index contributed by atoms with van der Waals surface area (Å²) in [6, 6.07) is 3.83. The van der Waals surface area contributed by atoms with Gasteiger partial charge in [0.05, 0.1) is 18.3 Å². The Morgan fingerprint density at radius 1 is 1.14 bits per heavy atom. The maximum absolute atomic E-state index is 12.3. The van der Waals surface area contributed by atoms with E-state index in [0.717, 1.165) is 36.4 Å². The predicted molar refractivity (Wildman–Crippen MR) is 119 cm³/mol. The normalized spacial score (nSPS) is 21.1. The molecule has 36 heavy (non-hydrogen) atoms. The second-order valence-corrected chi connectivity index (χ2v) is 9.92. The summed E-state index contributed by atoms with van der Waals surface area (Å²) in [5, 5.41) is 6.89. The van der Waals surface area contributed by atoms with Crippen LogP contribution in [-0.2, 0) is 20.8 Å². The van der Waals surface area contributed by atoms with E-state index in [1.165, 1.54) is 10.9 Å². The number of hydrogen-bond donors (Lipinski definition) is 1. The minimum atomic E-state index is -5.26. The Kier molecular flexibility index (Phi) is 6.43. The molecule has 1 unspecified atom stereocenters. The molecule has 1 aliphatic carbocycles. The van der Waals surface area contributed by atoms with Crippen molar-refractivity contribution >= 4 is 23.8 Å². The van der Waals surface area contributed by atoms with Crippen LogP contribution >= 0.6 is 0 Å². The number of aromatic nitrogens is 3. The van der Waals surface area contributed by atoms with Gasteiger partial charge in [0.15, 0.2) is 0 Å². The molecule has 1 aliphatic heterocycles. The Bertz CT molecular complexity index is 1180. The number of carbonyl (C=O) groups is 3. The van der Waals surface area contributed by atoms with Gasteiger partial charge in [0.25, 0.3) is 0 Å². The van der Waals surface area contributed by atoms with E-state index in [2.05, 4.69) is 25.0 Å². The van der Waals surface area contributed by atoms with Crippen LogP contribution < -0.4 is 10.2 Å². The van der Waals surface area contributed by atoms with E-state index in [0.29, 0.717) is 11.8 Å². The van der Waals surface area contributed by atoms with Gasteiger partial charge in [-0.25, -0.2) is 19.4 Å². The Morgan fingerprint density at radius 2 is 1.81 bits per heavy atom. The predicted octanol–water partition coefficient (Wildman–Crippen LogP) is 2.84. The van der Waals surface area contributed by atoms with Crippen LogP contribution in [0.2, 0.25) is 0 Å². The average molecular weight is 509 g/mol. The zero-order chi connectivity index (χ0) is 26.4. The average Bonchev–Trinajstić information content (AvgIpc) is 3.12. The minimum absolute atomic E-state index is 0.101. The fourth-order valence-electron chi connectivity index (χ4n) is 4.22. The van der Waals surface area contributed by atoms with E-state index in [4.69, 9.17) is 4.74 Å². The summed E-state index contributed by atoms with van der Waals surface area (Å²) in [5.74, 6) is -2.53.